The fraction of sp³-hybridized carbons (Fsp3) is 0.368. The Hall–Kier alpha value is -2.04. The molecule has 1 aliphatic rings. The number of methoxy groups -OCH3 is 1. The van der Waals surface area contributed by atoms with E-state index in [4.69, 9.17) is 14.2 Å². The monoisotopic (exact) mass is 313 g/mol. The van der Waals surface area contributed by atoms with Crippen LogP contribution in [-0.2, 0) is 11.3 Å². The third-order valence-corrected chi connectivity index (χ3v) is 3.85. The van der Waals surface area contributed by atoms with Crippen LogP contribution in [0.2, 0.25) is 0 Å². The van der Waals surface area contributed by atoms with Gasteiger partial charge in [0, 0.05) is 19.6 Å². The van der Waals surface area contributed by atoms with Crippen molar-refractivity contribution in [1.82, 2.24) is 4.90 Å². The number of hydrogen-bond donors (Lipinski definition) is 0. The normalized spacial score (nSPS) is 16.3. The Morgan fingerprint density at radius 1 is 1.04 bits per heavy atom. The lowest BCUT2D eigenvalue weighted by molar-refractivity contribution is 0.185. The highest BCUT2D eigenvalue weighted by Crippen LogP contribution is 2.25. The van der Waals surface area contributed by atoms with Gasteiger partial charge in [0.25, 0.3) is 0 Å². The van der Waals surface area contributed by atoms with E-state index in [2.05, 4.69) is 29.2 Å². The highest BCUT2D eigenvalue weighted by atomic mass is 16.6. The van der Waals surface area contributed by atoms with Crippen molar-refractivity contribution < 1.29 is 14.2 Å². The molecule has 4 nitrogen and oxygen atoms in total. The third-order valence-electron chi connectivity index (χ3n) is 3.85. The minimum absolute atomic E-state index is 0.380. The Bertz CT molecular complexity index is 599. The summed E-state index contributed by atoms with van der Waals surface area (Å²) in [5.74, 6) is 1.56. The highest BCUT2D eigenvalue weighted by Gasteiger charge is 2.25. The standard InChI is InChI=1S/C19H23NO3/c1-21-18-9-5-6-10-19(18)22-12-11-20(14-17-15-23-17)13-16-7-3-2-4-8-16/h2-10,17H,11-15H2,1H3. The minimum Gasteiger partial charge on any atom is -0.493 e. The van der Waals surface area contributed by atoms with E-state index in [0.29, 0.717) is 12.7 Å². The third kappa shape index (κ3) is 4.98. The van der Waals surface area contributed by atoms with Gasteiger partial charge in [0.1, 0.15) is 6.61 Å². The lowest BCUT2D eigenvalue weighted by atomic mass is 10.2. The largest absolute Gasteiger partial charge is 0.493 e. The van der Waals surface area contributed by atoms with Crippen LogP contribution in [0.3, 0.4) is 0 Å². The molecular formula is C19H23NO3. The molecule has 1 aliphatic heterocycles. The molecule has 4 heteroatoms. The van der Waals surface area contributed by atoms with Crippen molar-refractivity contribution in [2.24, 2.45) is 0 Å². The molecule has 0 bridgehead atoms. The van der Waals surface area contributed by atoms with Crippen LogP contribution in [0.4, 0.5) is 0 Å². The summed E-state index contributed by atoms with van der Waals surface area (Å²) < 4.78 is 16.6. The van der Waals surface area contributed by atoms with E-state index in [1.54, 1.807) is 7.11 Å². The predicted molar refractivity (Wildman–Crippen MR) is 89.9 cm³/mol. The molecule has 0 saturated carbocycles. The maximum Gasteiger partial charge on any atom is 0.161 e. The zero-order valence-electron chi connectivity index (χ0n) is 13.5. The topological polar surface area (TPSA) is 34.2 Å². The fourth-order valence-corrected chi connectivity index (χ4v) is 2.56. The van der Waals surface area contributed by atoms with Crippen molar-refractivity contribution in [1.29, 1.82) is 0 Å². The quantitative estimate of drug-likeness (QED) is 0.667. The van der Waals surface area contributed by atoms with Gasteiger partial charge in [0.15, 0.2) is 11.5 Å². The predicted octanol–water partition coefficient (Wildman–Crippen LogP) is 2.98. The van der Waals surface area contributed by atoms with Crippen LogP contribution in [0.15, 0.2) is 54.6 Å². The second kappa shape index (κ2) is 7.99. The van der Waals surface area contributed by atoms with E-state index in [0.717, 1.165) is 37.7 Å². The molecule has 1 atom stereocenters. The smallest absolute Gasteiger partial charge is 0.161 e. The van der Waals surface area contributed by atoms with Crippen molar-refractivity contribution in [2.45, 2.75) is 12.6 Å². The van der Waals surface area contributed by atoms with Crippen LogP contribution in [-0.4, -0.2) is 44.4 Å². The van der Waals surface area contributed by atoms with Crippen molar-refractivity contribution in [3.8, 4) is 11.5 Å². The van der Waals surface area contributed by atoms with Crippen molar-refractivity contribution in [3.63, 3.8) is 0 Å². The van der Waals surface area contributed by atoms with E-state index < -0.39 is 0 Å². The molecule has 2 aromatic carbocycles. The average molecular weight is 313 g/mol. The van der Waals surface area contributed by atoms with E-state index in [9.17, 15) is 0 Å². The molecular weight excluding hydrogens is 290 g/mol. The van der Waals surface area contributed by atoms with Crippen LogP contribution in [0.25, 0.3) is 0 Å². The Kier molecular flexibility index (Phi) is 5.51. The number of hydrogen-bond acceptors (Lipinski definition) is 4. The molecule has 0 spiro atoms. The lowest BCUT2D eigenvalue weighted by Gasteiger charge is -2.22. The summed E-state index contributed by atoms with van der Waals surface area (Å²) in [4.78, 5) is 2.38. The molecule has 1 saturated heterocycles. The van der Waals surface area contributed by atoms with Gasteiger partial charge >= 0.3 is 0 Å². The highest BCUT2D eigenvalue weighted by molar-refractivity contribution is 5.39. The SMILES string of the molecule is COc1ccccc1OCCN(Cc1ccccc1)CC1CO1. The lowest BCUT2D eigenvalue weighted by Crippen LogP contribution is -2.31. The molecule has 0 radical (unpaired) electrons. The molecule has 1 unspecified atom stereocenters. The van der Waals surface area contributed by atoms with Gasteiger partial charge in [0.05, 0.1) is 19.8 Å². The van der Waals surface area contributed by atoms with Crippen molar-refractivity contribution in [2.75, 3.05) is 33.4 Å². The van der Waals surface area contributed by atoms with Gasteiger partial charge in [-0.05, 0) is 17.7 Å². The first-order chi connectivity index (χ1) is 11.3. The number of epoxide rings is 1. The summed E-state index contributed by atoms with van der Waals surface area (Å²) in [6.07, 6.45) is 0.380. The summed E-state index contributed by atoms with van der Waals surface area (Å²) in [5, 5.41) is 0. The van der Waals surface area contributed by atoms with Gasteiger partial charge in [-0.3, -0.25) is 4.90 Å². The van der Waals surface area contributed by atoms with Crippen LogP contribution in [0.5, 0.6) is 11.5 Å². The number of ether oxygens (including phenoxy) is 3. The Labute approximate surface area is 137 Å². The number of benzene rings is 2. The van der Waals surface area contributed by atoms with Crippen molar-refractivity contribution in [3.05, 3.63) is 60.2 Å². The van der Waals surface area contributed by atoms with Gasteiger partial charge in [-0.2, -0.15) is 0 Å². The molecule has 0 N–H and O–H groups in total. The molecule has 1 heterocycles. The molecule has 0 amide bonds. The molecule has 2 aromatic rings. The van der Waals surface area contributed by atoms with Crippen LogP contribution in [0.1, 0.15) is 5.56 Å². The summed E-state index contributed by atoms with van der Waals surface area (Å²) in [5.41, 5.74) is 1.31. The summed E-state index contributed by atoms with van der Waals surface area (Å²) in [6.45, 7) is 4.21. The Morgan fingerprint density at radius 3 is 2.43 bits per heavy atom. The van der Waals surface area contributed by atoms with Gasteiger partial charge in [-0.15, -0.1) is 0 Å². The first kappa shape index (κ1) is 15.8. The molecule has 1 fully saturated rings. The summed E-state index contributed by atoms with van der Waals surface area (Å²) >= 11 is 0. The molecule has 23 heavy (non-hydrogen) atoms. The van der Waals surface area contributed by atoms with Gasteiger partial charge < -0.3 is 14.2 Å². The van der Waals surface area contributed by atoms with Crippen LogP contribution < -0.4 is 9.47 Å². The zero-order chi connectivity index (χ0) is 15.9. The van der Waals surface area contributed by atoms with E-state index >= 15 is 0 Å². The zero-order valence-corrected chi connectivity index (χ0v) is 13.5. The minimum atomic E-state index is 0.380. The summed E-state index contributed by atoms with van der Waals surface area (Å²) in [6, 6.07) is 18.3. The second-order valence-corrected chi connectivity index (χ2v) is 5.68. The second-order valence-electron chi connectivity index (χ2n) is 5.68. The molecule has 3 rings (SSSR count). The van der Waals surface area contributed by atoms with Gasteiger partial charge in [-0.1, -0.05) is 42.5 Å². The summed E-state index contributed by atoms with van der Waals surface area (Å²) in [7, 11) is 1.66. The number of para-hydroxylation sites is 2. The first-order valence-electron chi connectivity index (χ1n) is 7.99. The van der Waals surface area contributed by atoms with Crippen LogP contribution >= 0.6 is 0 Å². The fourth-order valence-electron chi connectivity index (χ4n) is 2.56. The van der Waals surface area contributed by atoms with E-state index in [1.807, 2.05) is 30.3 Å². The number of nitrogens with zero attached hydrogens (tertiary/aromatic N) is 1. The van der Waals surface area contributed by atoms with Gasteiger partial charge in [0.2, 0.25) is 0 Å². The molecule has 0 aliphatic carbocycles. The number of rotatable bonds is 9. The van der Waals surface area contributed by atoms with Crippen molar-refractivity contribution >= 4 is 0 Å². The van der Waals surface area contributed by atoms with Crippen LogP contribution in [0, 0.1) is 0 Å². The van der Waals surface area contributed by atoms with E-state index in [-0.39, 0.29) is 0 Å². The first-order valence-corrected chi connectivity index (χ1v) is 7.99. The Morgan fingerprint density at radius 2 is 1.74 bits per heavy atom. The molecule has 122 valence electrons. The van der Waals surface area contributed by atoms with E-state index in [1.165, 1.54) is 5.56 Å². The van der Waals surface area contributed by atoms with Gasteiger partial charge in [-0.25, -0.2) is 0 Å². The molecule has 0 aromatic heterocycles. The average Bonchev–Trinajstić information content (AvgIpc) is 3.40. The Balaban J connectivity index is 1.53. The maximum absolute atomic E-state index is 5.89. The maximum atomic E-state index is 5.89.